The van der Waals surface area contributed by atoms with Crippen molar-refractivity contribution in [2.75, 3.05) is 13.7 Å². The van der Waals surface area contributed by atoms with Gasteiger partial charge in [0.25, 0.3) is 5.91 Å². The number of halogens is 3. The molecule has 2 rings (SSSR count). The number of hydrogen-bond donors (Lipinski definition) is 0. The third kappa shape index (κ3) is 4.51. The molecule has 0 bridgehead atoms. The Morgan fingerprint density at radius 1 is 1.22 bits per heavy atom. The highest BCUT2D eigenvalue weighted by Gasteiger charge is 2.18. The first-order valence-corrected chi connectivity index (χ1v) is 7.76. The van der Waals surface area contributed by atoms with Crippen LogP contribution in [0.3, 0.4) is 0 Å². The summed E-state index contributed by atoms with van der Waals surface area (Å²) in [4.78, 5) is 13.6. The lowest BCUT2D eigenvalue weighted by Gasteiger charge is -2.25. The van der Waals surface area contributed by atoms with Crippen LogP contribution in [0.5, 0.6) is 5.75 Å². The Kier molecular flexibility index (Phi) is 5.71. The van der Waals surface area contributed by atoms with E-state index in [0.29, 0.717) is 4.47 Å². The minimum absolute atomic E-state index is 0.0179. The zero-order valence-corrected chi connectivity index (χ0v) is 14.3. The van der Waals surface area contributed by atoms with Crippen molar-refractivity contribution in [1.82, 2.24) is 4.90 Å². The Bertz CT molecular complexity index is 691. The summed E-state index contributed by atoms with van der Waals surface area (Å²) in [5, 5.41) is 0. The molecule has 2 aromatic rings. The van der Waals surface area contributed by atoms with Crippen LogP contribution in [0, 0.1) is 11.6 Å². The predicted molar refractivity (Wildman–Crippen MR) is 87.2 cm³/mol. The van der Waals surface area contributed by atoms with Crippen molar-refractivity contribution >= 4 is 21.8 Å². The Labute approximate surface area is 142 Å². The van der Waals surface area contributed by atoms with Gasteiger partial charge >= 0.3 is 0 Å². The van der Waals surface area contributed by atoms with Crippen molar-refractivity contribution in [3.05, 3.63) is 64.1 Å². The van der Waals surface area contributed by atoms with E-state index < -0.39 is 5.82 Å². The molecule has 0 spiro atoms. The van der Waals surface area contributed by atoms with Crippen LogP contribution >= 0.6 is 15.9 Å². The molecule has 1 amide bonds. The predicted octanol–water partition coefficient (Wildman–Crippen LogP) is 4.33. The molecule has 0 aliphatic carbocycles. The van der Waals surface area contributed by atoms with Gasteiger partial charge in [0.15, 0.2) is 18.2 Å². The van der Waals surface area contributed by atoms with Crippen molar-refractivity contribution in [2.45, 2.75) is 13.0 Å². The third-order valence-corrected chi connectivity index (χ3v) is 4.07. The van der Waals surface area contributed by atoms with Gasteiger partial charge < -0.3 is 9.64 Å². The van der Waals surface area contributed by atoms with Crippen LogP contribution in [0.2, 0.25) is 0 Å². The standard InChI is InChI=1S/C17H16BrF2NO2/c1-11(12-3-6-14(19)7-4-12)21(2)17(22)10-23-16-8-5-13(18)9-15(16)20/h3-9,11H,10H2,1-2H3. The zero-order chi connectivity index (χ0) is 17.0. The summed E-state index contributed by atoms with van der Waals surface area (Å²) in [6.45, 7) is 1.55. The molecule has 0 N–H and O–H groups in total. The molecule has 0 saturated heterocycles. The van der Waals surface area contributed by atoms with Gasteiger partial charge in [0.2, 0.25) is 0 Å². The SMILES string of the molecule is CC(c1ccc(F)cc1)N(C)C(=O)COc1ccc(Br)cc1F. The van der Waals surface area contributed by atoms with Gasteiger partial charge in [-0.2, -0.15) is 0 Å². The van der Waals surface area contributed by atoms with Gasteiger partial charge in [-0.3, -0.25) is 4.79 Å². The number of carbonyl (C=O) groups is 1. The summed E-state index contributed by atoms with van der Waals surface area (Å²) in [5.41, 5.74) is 0.803. The van der Waals surface area contributed by atoms with Crippen LogP contribution in [0.15, 0.2) is 46.9 Å². The first-order valence-electron chi connectivity index (χ1n) is 6.97. The van der Waals surface area contributed by atoms with Crippen molar-refractivity contribution in [3.8, 4) is 5.75 Å². The van der Waals surface area contributed by atoms with E-state index in [1.165, 1.54) is 29.2 Å². The number of benzene rings is 2. The summed E-state index contributed by atoms with van der Waals surface area (Å²) >= 11 is 3.15. The minimum atomic E-state index is -0.540. The van der Waals surface area contributed by atoms with Crippen LogP contribution in [-0.4, -0.2) is 24.5 Å². The number of hydrogen-bond acceptors (Lipinski definition) is 2. The van der Waals surface area contributed by atoms with Gasteiger partial charge in [-0.15, -0.1) is 0 Å². The van der Waals surface area contributed by atoms with Gasteiger partial charge in [0.05, 0.1) is 6.04 Å². The lowest BCUT2D eigenvalue weighted by Crippen LogP contribution is -2.33. The second-order valence-electron chi connectivity index (χ2n) is 5.10. The smallest absolute Gasteiger partial charge is 0.260 e. The van der Waals surface area contributed by atoms with Gasteiger partial charge in [0.1, 0.15) is 5.82 Å². The topological polar surface area (TPSA) is 29.5 Å². The molecule has 23 heavy (non-hydrogen) atoms. The largest absolute Gasteiger partial charge is 0.481 e. The molecule has 1 unspecified atom stereocenters. The van der Waals surface area contributed by atoms with Gasteiger partial charge in [-0.05, 0) is 42.8 Å². The van der Waals surface area contributed by atoms with Crippen molar-refractivity contribution in [2.24, 2.45) is 0 Å². The lowest BCUT2D eigenvalue weighted by atomic mass is 10.1. The fraction of sp³-hybridized carbons (Fsp3) is 0.235. The Morgan fingerprint density at radius 3 is 2.48 bits per heavy atom. The maximum Gasteiger partial charge on any atom is 0.260 e. The Morgan fingerprint density at radius 2 is 1.87 bits per heavy atom. The Balaban J connectivity index is 1.98. The normalized spacial score (nSPS) is 11.9. The van der Waals surface area contributed by atoms with Crippen molar-refractivity contribution < 1.29 is 18.3 Å². The van der Waals surface area contributed by atoms with Crippen LogP contribution < -0.4 is 4.74 Å². The van der Waals surface area contributed by atoms with E-state index >= 15 is 0 Å². The zero-order valence-electron chi connectivity index (χ0n) is 12.7. The lowest BCUT2D eigenvalue weighted by molar-refractivity contribution is -0.134. The molecule has 0 radical (unpaired) electrons. The molecule has 1 atom stereocenters. The van der Waals surface area contributed by atoms with E-state index in [0.717, 1.165) is 5.56 Å². The number of likely N-dealkylation sites (N-methyl/N-ethyl adjacent to an activating group) is 1. The molecule has 3 nitrogen and oxygen atoms in total. The Hall–Kier alpha value is -1.95. The van der Waals surface area contributed by atoms with Crippen LogP contribution in [-0.2, 0) is 4.79 Å². The average Bonchev–Trinajstić information content (AvgIpc) is 2.53. The number of carbonyl (C=O) groups excluding carboxylic acids is 1. The van der Waals surface area contributed by atoms with Gasteiger partial charge in [0, 0.05) is 11.5 Å². The van der Waals surface area contributed by atoms with E-state index in [-0.39, 0.29) is 30.1 Å². The minimum Gasteiger partial charge on any atom is -0.481 e. The quantitative estimate of drug-likeness (QED) is 0.768. The van der Waals surface area contributed by atoms with Crippen LogP contribution in [0.4, 0.5) is 8.78 Å². The summed E-state index contributed by atoms with van der Waals surface area (Å²) in [6, 6.07) is 10.0. The van der Waals surface area contributed by atoms with E-state index in [2.05, 4.69) is 15.9 Å². The number of nitrogens with zero attached hydrogens (tertiary/aromatic N) is 1. The summed E-state index contributed by atoms with van der Waals surface area (Å²) in [7, 11) is 1.62. The fourth-order valence-electron chi connectivity index (χ4n) is 2.01. The molecule has 2 aromatic carbocycles. The van der Waals surface area contributed by atoms with E-state index in [1.807, 2.05) is 6.92 Å². The number of ether oxygens (including phenoxy) is 1. The molecule has 0 saturated carbocycles. The highest BCUT2D eigenvalue weighted by molar-refractivity contribution is 9.10. The van der Waals surface area contributed by atoms with E-state index in [1.54, 1.807) is 25.2 Å². The second-order valence-corrected chi connectivity index (χ2v) is 6.01. The number of amides is 1. The summed E-state index contributed by atoms with van der Waals surface area (Å²) in [6.07, 6.45) is 0. The number of rotatable bonds is 5. The van der Waals surface area contributed by atoms with Crippen LogP contribution in [0.1, 0.15) is 18.5 Å². The maximum atomic E-state index is 13.6. The van der Waals surface area contributed by atoms with Crippen molar-refractivity contribution in [3.63, 3.8) is 0 Å². The van der Waals surface area contributed by atoms with E-state index in [4.69, 9.17) is 4.74 Å². The molecule has 6 heteroatoms. The first kappa shape index (κ1) is 17.4. The molecule has 0 heterocycles. The van der Waals surface area contributed by atoms with Crippen molar-refractivity contribution in [1.29, 1.82) is 0 Å². The highest BCUT2D eigenvalue weighted by Crippen LogP contribution is 2.22. The fourth-order valence-corrected chi connectivity index (χ4v) is 2.35. The highest BCUT2D eigenvalue weighted by atomic mass is 79.9. The average molecular weight is 384 g/mol. The molecular formula is C17H16BrF2NO2. The maximum absolute atomic E-state index is 13.6. The molecule has 0 aliphatic heterocycles. The van der Waals surface area contributed by atoms with Gasteiger partial charge in [-0.1, -0.05) is 28.1 Å². The second kappa shape index (κ2) is 7.55. The monoisotopic (exact) mass is 383 g/mol. The summed E-state index contributed by atoms with van der Waals surface area (Å²) in [5.74, 6) is -1.15. The van der Waals surface area contributed by atoms with E-state index in [9.17, 15) is 13.6 Å². The van der Waals surface area contributed by atoms with Gasteiger partial charge in [-0.25, -0.2) is 8.78 Å². The molecule has 0 aliphatic rings. The molecular weight excluding hydrogens is 368 g/mol. The molecule has 122 valence electrons. The first-order chi connectivity index (χ1) is 10.9. The third-order valence-electron chi connectivity index (χ3n) is 3.57. The summed E-state index contributed by atoms with van der Waals surface area (Å²) < 4.78 is 32.4. The molecule has 0 aromatic heterocycles. The molecule has 0 fully saturated rings. The van der Waals surface area contributed by atoms with Crippen LogP contribution in [0.25, 0.3) is 0 Å².